The summed E-state index contributed by atoms with van der Waals surface area (Å²) in [6.07, 6.45) is 0.728. The van der Waals surface area contributed by atoms with Gasteiger partial charge in [-0.2, -0.15) is 0 Å². The Balaban J connectivity index is 1.79. The number of benzene rings is 1. The lowest BCUT2D eigenvalue weighted by Crippen LogP contribution is -2.22. The van der Waals surface area contributed by atoms with Crippen LogP contribution >= 0.6 is 0 Å². The lowest BCUT2D eigenvalue weighted by atomic mass is 10.0. The molecule has 2 aromatic heterocycles. The number of methoxy groups -OCH3 is 2. The first kappa shape index (κ1) is 26.0. The van der Waals surface area contributed by atoms with Gasteiger partial charge in [0.25, 0.3) is 0 Å². The summed E-state index contributed by atoms with van der Waals surface area (Å²) in [5, 5.41) is 3.19. The maximum atomic E-state index is 14.7. The lowest BCUT2D eigenvalue weighted by Gasteiger charge is -2.15. The van der Waals surface area contributed by atoms with Gasteiger partial charge in [0.1, 0.15) is 24.4 Å². The number of anilines is 1. The zero-order chi connectivity index (χ0) is 26.2. The minimum atomic E-state index is -1.32. The van der Waals surface area contributed by atoms with Crippen LogP contribution in [-0.4, -0.2) is 50.5 Å². The molecule has 2 atom stereocenters. The quantitative estimate of drug-likeness (QED) is 0.277. The number of pyridine rings is 1. The minimum Gasteiger partial charge on any atom is -0.493 e. The highest BCUT2D eigenvalue weighted by Crippen LogP contribution is 2.45. The summed E-state index contributed by atoms with van der Waals surface area (Å²) in [5.41, 5.74) is 0.930. The van der Waals surface area contributed by atoms with Crippen LogP contribution in [0.5, 0.6) is 11.5 Å². The van der Waals surface area contributed by atoms with E-state index >= 15 is 0 Å². The van der Waals surface area contributed by atoms with E-state index in [4.69, 9.17) is 14.2 Å². The third-order valence-corrected chi connectivity index (χ3v) is 7.77. The Kier molecular flexibility index (Phi) is 7.33. The van der Waals surface area contributed by atoms with Crippen LogP contribution in [0.4, 0.5) is 19.0 Å². The molecule has 7 nitrogen and oxygen atoms in total. The van der Waals surface area contributed by atoms with E-state index in [1.807, 2.05) is 0 Å². The fourth-order valence-corrected chi connectivity index (χ4v) is 4.71. The molecule has 0 radical (unpaired) electrons. The molecule has 0 saturated heterocycles. The Morgan fingerprint density at radius 2 is 1.81 bits per heavy atom. The summed E-state index contributed by atoms with van der Waals surface area (Å²) in [6.45, 7) is 7.41. The molecule has 3 aromatic rings. The van der Waals surface area contributed by atoms with E-state index in [1.165, 1.54) is 14.2 Å². The Labute approximate surface area is 208 Å². The molecule has 0 bridgehead atoms. The summed E-state index contributed by atoms with van der Waals surface area (Å²) in [7, 11) is 1.27. The minimum absolute atomic E-state index is 0.0974. The van der Waals surface area contributed by atoms with Crippen LogP contribution < -0.4 is 14.8 Å². The molecular weight excluding hydrogens is 491 g/mol. The first-order chi connectivity index (χ1) is 17.0. The van der Waals surface area contributed by atoms with E-state index in [1.54, 1.807) is 22.9 Å². The van der Waals surface area contributed by atoms with Crippen molar-refractivity contribution in [1.82, 2.24) is 9.55 Å². The largest absolute Gasteiger partial charge is 0.493 e. The van der Waals surface area contributed by atoms with Gasteiger partial charge in [-0.05, 0) is 24.6 Å². The Morgan fingerprint density at radius 3 is 2.36 bits per heavy atom. The van der Waals surface area contributed by atoms with Crippen molar-refractivity contribution >= 4 is 30.8 Å². The van der Waals surface area contributed by atoms with Crippen LogP contribution in [0.15, 0.2) is 24.4 Å². The molecule has 1 N–H and O–H groups in total. The fourth-order valence-electron chi connectivity index (χ4n) is 3.95. The second-order valence-electron chi connectivity index (χ2n) is 10.1. The third kappa shape index (κ3) is 5.36. The van der Waals surface area contributed by atoms with Gasteiger partial charge in [0.05, 0.1) is 25.7 Å². The molecule has 0 spiro atoms. The van der Waals surface area contributed by atoms with Crippen LogP contribution in [-0.2, 0) is 16.3 Å². The number of rotatable bonds is 10. The highest BCUT2D eigenvalue weighted by molar-refractivity contribution is 6.76. The van der Waals surface area contributed by atoms with Gasteiger partial charge in [-0.1, -0.05) is 19.6 Å². The van der Waals surface area contributed by atoms with Gasteiger partial charge in [-0.25, -0.2) is 18.2 Å². The highest BCUT2D eigenvalue weighted by atomic mass is 28.3. The second-order valence-corrected chi connectivity index (χ2v) is 15.7. The molecule has 1 amide bonds. The van der Waals surface area contributed by atoms with E-state index in [-0.39, 0.29) is 36.0 Å². The Bertz CT molecular complexity index is 1260. The van der Waals surface area contributed by atoms with Crippen LogP contribution in [0.1, 0.15) is 6.42 Å². The number of amides is 1. The predicted molar refractivity (Wildman–Crippen MR) is 134 cm³/mol. The van der Waals surface area contributed by atoms with Crippen molar-refractivity contribution in [2.75, 3.05) is 26.1 Å². The summed E-state index contributed by atoms with van der Waals surface area (Å²) in [5.74, 6) is -2.96. The monoisotopic (exact) mass is 521 g/mol. The fraction of sp³-hybridized carbons (Fsp3) is 0.440. The first-order valence-electron chi connectivity index (χ1n) is 11.7. The molecule has 11 heteroatoms. The van der Waals surface area contributed by atoms with Crippen LogP contribution in [0.3, 0.4) is 0 Å². The molecule has 2 unspecified atom stereocenters. The van der Waals surface area contributed by atoms with Crippen molar-refractivity contribution in [3.63, 3.8) is 0 Å². The number of nitrogens with zero attached hydrogens (tertiary/aromatic N) is 2. The molecule has 194 valence electrons. The van der Waals surface area contributed by atoms with Crippen LogP contribution in [0.2, 0.25) is 25.7 Å². The van der Waals surface area contributed by atoms with Gasteiger partial charge < -0.3 is 24.1 Å². The number of halogens is 3. The van der Waals surface area contributed by atoms with Gasteiger partial charge >= 0.3 is 0 Å². The van der Waals surface area contributed by atoms with Gasteiger partial charge in [-0.3, -0.25) is 4.79 Å². The van der Waals surface area contributed by atoms with E-state index in [9.17, 15) is 18.0 Å². The van der Waals surface area contributed by atoms with Gasteiger partial charge in [0.2, 0.25) is 5.91 Å². The van der Waals surface area contributed by atoms with Gasteiger partial charge in [0, 0.05) is 37.9 Å². The van der Waals surface area contributed by atoms with Crippen molar-refractivity contribution in [3.05, 3.63) is 36.0 Å². The van der Waals surface area contributed by atoms with Crippen LogP contribution in [0, 0.1) is 17.6 Å². The predicted octanol–water partition coefficient (Wildman–Crippen LogP) is 5.61. The normalized spacial score (nSPS) is 17.3. The molecule has 36 heavy (non-hydrogen) atoms. The number of aromatic nitrogens is 2. The lowest BCUT2D eigenvalue weighted by molar-refractivity contribution is -0.117. The smallest absolute Gasteiger partial charge is 0.231 e. The number of fused-ring (bicyclic) bond motifs is 1. The van der Waals surface area contributed by atoms with Crippen molar-refractivity contribution in [2.45, 2.75) is 45.0 Å². The van der Waals surface area contributed by atoms with Crippen molar-refractivity contribution < 1.29 is 32.2 Å². The number of carbonyl (C=O) groups excluding carboxylic acids is 1. The molecule has 1 aliphatic rings. The standard InChI is InChI=1S/C25H30F3N3O4Si/c1-33-22-18(27)11-19(28)23(34-2)21(22)16-12-31(13-35-8-9-36(3,4)5)24-14(16)6-7-20(29-24)30-25(32)15-10-17(15)26/h6-7,11-12,15,17H,8-10,13H2,1-5H3,(H,29,30,32). The molecule has 2 heterocycles. The topological polar surface area (TPSA) is 74.6 Å². The maximum absolute atomic E-state index is 14.7. The van der Waals surface area contributed by atoms with E-state index in [0.29, 0.717) is 29.3 Å². The number of hydrogen-bond acceptors (Lipinski definition) is 5. The SMILES string of the molecule is COc1c(F)cc(F)c(OC)c1-c1cn(COCC[Si](C)(C)C)c2nc(NC(=O)C3CC3F)ccc12. The van der Waals surface area contributed by atoms with Crippen molar-refractivity contribution in [3.8, 4) is 22.6 Å². The molecular formula is C25H30F3N3O4Si. The maximum Gasteiger partial charge on any atom is 0.231 e. The molecule has 1 fully saturated rings. The van der Waals surface area contributed by atoms with Crippen molar-refractivity contribution in [2.24, 2.45) is 5.92 Å². The van der Waals surface area contributed by atoms with E-state index < -0.39 is 37.7 Å². The number of alkyl halides is 1. The highest BCUT2D eigenvalue weighted by Gasteiger charge is 2.43. The molecule has 4 rings (SSSR count). The van der Waals surface area contributed by atoms with Crippen molar-refractivity contribution in [1.29, 1.82) is 0 Å². The number of nitrogens with one attached hydrogen (secondary N) is 1. The summed E-state index contributed by atoms with van der Waals surface area (Å²) in [6, 6.07) is 4.90. The summed E-state index contributed by atoms with van der Waals surface area (Å²) < 4.78 is 60.8. The summed E-state index contributed by atoms with van der Waals surface area (Å²) in [4.78, 5) is 16.8. The molecule has 1 aromatic carbocycles. The molecule has 0 aliphatic heterocycles. The van der Waals surface area contributed by atoms with E-state index in [0.717, 1.165) is 6.04 Å². The zero-order valence-electron chi connectivity index (χ0n) is 21.0. The molecule has 1 saturated carbocycles. The Morgan fingerprint density at radius 1 is 1.17 bits per heavy atom. The van der Waals surface area contributed by atoms with Gasteiger partial charge in [0.15, 0.2) is 23.1 Å². The summed E-state index contributed by atoms with van der Waals surface area (Å²) >= 11 is 0. The van der Waals surface area contributed by atoms with E-state index in [2.05, 4.69) is 29.9 Å². The third-order valence-electron chi connectivity index (χ3n) is 6.07. The molecule has 1 aliphatic carbocycles. The zero-order valence-corrected chi connectivity index (χ0v) is 22.0. The number of carbonyl (C=O) groups is 1. The number of ether oxygens (including phenoxy) is 3. The first-order valence-corrected chi connectivity index (χ1v) is 15.4. The van der Waals surface area contributed by atoms with Crippen LogP contribution in [0.25, 0.3) is 22.2 Å². The Hall–Kier alpha value is -3.05. The second kappa shape index (κ2) is 10.1. The van der Waals surface area contributed by atoms with Gasteiger partial charge in [-0.15, -0.1) is 0 Å². The number of hydrogen-bond donors (Lipinski definition) is 1. The average Bonchev–Trinajstić information content (AvgIpc) is 3.44. The average molecular weight is 522 g/mol.